The van der Waals surface area contributed by atoms with Gasteiger partial charge in [-0.25, -0.2) is 0 Å². The third kappa shape index (κ3) is 5.21. The van der Waals surface area contributed by atoms with E-state index in [0.717, 1.165) is 0 Å². The lowest BCUT2D eigenvalue weighted by atomic mass is 10.2. The summed E-state index contributed by atoms with van der Waals surface area (Å²) in [5, 5.41) is 9.15. The molecule has 0 atom stereocenters. The van der Waals surface area contributed by atoms with Crippen LogP contribution in [0.15, 0.2) is 18.2 Å². The standard InChI is InChI=1S/C14H19ClN2O3S/c1-11(2)17(3)21(19,20)16-14-10-13(15)8-7-12(14)6-4-5-9-18/h7-8,10-11,16,18H,5,9H2,1-3H3. The lowest BCUT2D eigenvalue weighted by Crippen LogP contribution is -2.37. The van der Waals surface area contributed by atoms with Gasteiger partial charge in [-0.05, 0) is 32.0 Å². The van der Waals surface area contributed by atoms with Crippen molar-refractivity contribution < 1.29 is 13.5 Å². The van der Waals surface area contributed by atoms with Gasteiger partial charge in [-0.15, -0.1) is 0 Å². The summed E-state index contributed by atoms with van der Waals surface area (Å²) in [5.74, 6) is 5.58. The Morgan fingerprint density at radius 3 is 2.67 bits per heavy atom. The van der Waals surface area contributed by atoms with E-state index in [-0.39, 0.29) is 12.6 Å². The fraction of sp³-hybridized carbons (Fsp3) is 0.429. The number of rotatable bonds is 5. The predicted octanol–water partition coefficient (Wildman–Crippen LogP) is 2.07. The molecule has 21 heavy (non-hydrogen) atoms. The quantitative estimate of drug-likeness (QED) is 0.812. The van der Waals surface area contributed by atoms with E-state index in [1.807, 2.05) is 0 Å². The molecule has 0 radical (unpaired) electrons. The van der Waals surface area contributed by atoms with E-state index in [1.54, 1.807) is 26.0 Å². The van der Waals surface area contributed by atoms with Crippen LogP contribution in [-0.2, 0) is 10.2 Å². The number of nitrogens with one attached hydrogen (secondary N) is 1. The monoisotopic (exact) mass is 330 g/mol. The van der Waals surface area contributed by atoms with E-state index in [4.69, 9.17) is 16.7 Å². The van der Waals surface area contributed by atoms with Crippen LogP contribution < -0.4 is 4.72 Å². The molecule has 0 aliphatic carbocycles. The Morgan fingerprint density at radius 2 is 2.10 bits per heavy atom. The second kappa shape index (κ2) is 7.66. The third-order valence-electron chi connectivity index (χ3n) is 2.79. The van der Waals surface area contributed by atoms with Gasteiger partial charge in [-0.3, -0.25) is 4.72 Å². The molecule has 0 heterocycles. The number of nitrogens with zero attached hydrogens (tertiary/aromatic N) is 1. The molecule has 0 saturated heterocycles. The molecule has 1 aromatic carbocycles. The molecule has 2 N–H and O–H groups in total. The highest BCUT2D eigenvalue weighted by molar-refractivity contribution is 7.90. The molecular formula is C14H19ClN2O3S. The fourth-order valence-corrected chi connectivity index (χ4v) is 2.73. The number of anilines is 1. The van der Waals surface area contributed by atoms with Gasteiger partial charge in [0.05, 0.1) is 12.3 Å². The predicted molar refractivity (Wildman–Crippen MR) is 85.5 cm³/mol. The van der Waals surface area contributed by atoms with E-state index in [2.05, 4.69) is 16.6 Å². The Kier molecular flexibility index (Phi) is 6.49. The number of benzene rings is 1. The van der Waals surface area contributed by atoms with Crippen LogP contribution in [0.2, 0.25) is 5.02 Å². The molecule has 0 aliphatic rings. The van der Waals surface area contributed by atoms with Crippen molar-refractivity contribution in [2.75, 3.05) is 18.4 Å². The van der Waals surface area contributed by atoms with Crippen molar-refractivity contribution in [3.05, 3.63) is 28.8 Å². The molecule has 0 bridgehead atoms. The van der Waals surface area contributed by atoms with Gasteiger partial charge in [0.1, 0.15) is 0 Å². The second-order valence-electron chi connectivity index (χ2n) is 4.68. The summed E-state index contributed by atoms with van der Waals surface area (Å²) >= 11 is 5.91. The van der Waals surface area contributed by atoms with Gasteiger partial charge in [-0.2, -0.15) is 12.7 Å². The molecule has 1 aromatic rings. The SMILES string of the molecule is CC(C)N(C)S(=O)(=O)Nc1cc(Cl)ccc1C#CCCO. The fourth-order valence-electron chi connectivity index (χ4n) is 1.41. The smallest absolute Gasteiger partial charge is 0.301 e. The Bertz CT molecular complexity index is 648. The van der Waals surface area contributed by atoms with Gasteiger partial charge in [0.15, 0.2) is 0 Å². The number of aliphatic hydroxyl groups is 1. The number of aliphatic hydroxyl groups excluding tert-OH is 1. The molecule has 7 heteroatoms. The Morgan fingerprint density at radius 1 is 1.43 bits per heavy atom. The molecule has 116 valence electrons. The highest BCUT2D eigenvalue weighted by Gasteiger charge is 2.21. The first-order chi connectivity index (χ1) is 9.77. The first-order valence-electron chi connectivity index (χ1n) is 6.43. The van der Waals surface area contributed by atoms with E-state index < -0.39 is 10.2 Å². The van der Waals surface area contributed by atoms with Gasteiger partial charge in [0, 0.05) is 30.1 Å². The second-order valence-corrected chi connectivity index (χ2v) is 6.85. The van der Waals surface area contributed by atoms with Crippen LogP contribution in [0.3, 0.4) is 0 Å². The molecule has 0 aliphatic heterocycles. The van der Waals surface area contributed by atoms with Crippen molar-refractivity contribution in [2.24, 2.45) is 0 Å². The average Bonchev–Trinajstić information content (AvgIpc) is 2.40. The number of halogens is 1. The van der Waals surface area contributed by atoms with E-state index in [1.165, 1.54) is 17.4 Å². The van der Waals surface area contributed by atoms with E-state index in [0.29, 0.717) is 22.7 Å². The minimum Gasteiger partial charge on any atom is -0.395 e. The van der Waals surface area contributed by atoms with Crippen molar-refractivity contribution >= 4 is 27.5 Å². The summed E-state index contributed by atoms with van der Waals surface area (Å²) < 4.78 is 28.1. The summed E-state index contributed by atoms with van der Waals surface area (Å²) in [6, 6.07) is 4.61. The van der Waals surface area contributed by atoms with Crippen molar-refractivity contribution in [1.29, 1.82) is 0 Å². The van der Waals surface area contributed by atoms with Gasteiger partial charge in [0.25, 0.3) is 0 Å². The number of hydrogen-bond acceptors (Lipinski definition) is 3. The van der Waals surface area contributed by atoms with Crippen LogP contribution in [-0.4, -0.2) is 37.5 Å². The zero-order valence-corrected chi connectivity index (χ0v) is 13.8. The van der Waals surface area contributed by atoms with Gasteiger partial charge < -0.3 is 5.11 Å². The van der Waals surface area contributed by atoms with Crippen LogP contribution >= 0.6 is 11.6 Å². The highest BCUT2D eigenvalue weighted by Crippen LogP contribution is 2.22. The minimum atomic E-state index is -3.67. The third-order valence-corrected chi connectivity index (χ3v) is 4.68. The Balaban J connectivity index is 3.13. The van der Waals surface area contributed by atoms with Crippen LogP contribution in [0.25, 0.3) is 0 Å². The Labute approximate surface area is 131 Å². The Hall–Kier alpha value is -1.26. The molecule has 5 nitrogen and oxygen atoms in total. The molecule has 0 aromatic heterocycles. The molecule has 0 unspecified atom stereocenters. The van der Waals surface area contributed by atoms with Gasteiger partial charge in [0.2, 0.25) is 0 Å². The summed E-state index contributed by atoms with van der Waals surface area (Å²) in [6.07, 6.45) is 0.320. The van der Waals surface area contributed by atoms with Crippen molar-refractivity contribution in [2.45, 2.75) is 26.3 Å². The molecule has 0 fully saturated rings. The van der Waals surface area contributed by atoms with Crippen molar-refractivity contribution in [3.8, 4) is 11.8 Å². The molecular weight excluding hydrogens is 312 g/mol. The van der Waals surface area contributed by atoms with Crippen LogP contribution in [0.1, 0.15) is 25.8 Å². The zero-order valence-electron chi connectivity index (χ0n) is 12.2. The first-order valence-corrected chi connectivity index (χ1v) is 8.24. The lowest BCUT2D eigenvalue weighted by Gasteiger charge is -2.22. The molecule has 0 spiro atoms. The van der Waals surface area contributed by atoms with E-state index in [9.17, 15) is 8.42 Å². The van der Waals surface area contributed by atoms with Gasteiger partial charge >= 0.3 is 10.2 Å². The summed E-state index contributed by atoms with van der Waals surface area (Å²) in [4.78, 5) is 0. The largest absolute Gasteiger partial charge is 0.395 e. The van der Waals surface area contributed by atoms with Crippen molar-refractivity contribution in [3.63, 3.8) is 0 Å². The maximum atomic E-state index is 12.2. The summed E-state index contributed by atoms with van der Waals surface area (Å²) in [7, 11) is -2.18. The van der Waals surface area contributed by atoms with Crippen LogP contribution in [0.5, 0.6) is 0 Å². The normalized spacial score (nSPS) is 11.4. The highest BCUT2D eigenvalue weighted by atomic mass is 35.5. The topological polar surface area (TPSA) is 69.6 Å². The van der Waals surface area contributed by atoms with Gasteiger partial charge in [-0.1, -0.05) is 23.4 Å². The van der Waals surface area contributed by atoms with Crippen LogP contribution in [0.4, 0.5) is 5.69 Å². The molecule has 1 rings (SSSR count). The summed E-state index contributed by atoms with van der Waals surface area (Å²) in [6.45, 7) is 3.51. The lowest BCUT2D eigenvalue weighted by molar-refractivity contribution is 0.305. The van der Waals surface area contributed by atoms with E-state index >= 15 is 0 Å². The zero-order chi connectivity index (χ0) is 16.0. The maximum Gasteiger partial charge on any atom is 0.301 e. The molecule has 0 saturated carbocycles. The summed E-state index contributed by atoms with van der Waals surface area (Å²) in [5.41, 5.74) is 0.828. The van der Waals surface area contributed by atoms with Crippen molar-refractivity contribution in [1.82, 2.24) is 4.31 Å². The minimum absolute atomic E-state index is 0.0439. The van der Waals surface area contributed by atoms with Crippen LogP contribution in [0, 0.1) is 11.8 Å². The first kappa shape index (κ1) is 17.8. The maximum absolute atomic E-state index is 12.2. The average molecular weight is 331 g/mol. The number of hydrogen-bond donors (Lipinski definition) is 2. The molecule has 0 amide bonds.